The number of hydrogen-bond donors (Lipinski definition) is 1. The summed E-state index contributed by atoms with van der Waals surface area (Å²) < 4.78 is 5.64. The van der Waals surface area contributed by atoms with Gasteiger partial charge < -0.3 is 10.5 Å². The lowest BCUT2D eigenvalue weighted by molar-refractivity contribution is -0.0419. The summed E-state index contributed by atoms with van der Waals surface area (Å²) >= 11 is 2.07. The van der Waals surface area contributed by atoms with Crippen molar-refractivity contribution in [1.82, 2.24) is 4.90 Å². The van der Waals surface area contributed by atoms with Crippen LogP contribution in [-0.4, -0.2) is 54.8 Å². The molecule has 0 amide bonds. The Kier molecular flexibility index (Phi) is 4.31. The molecule has 0 saturated carbocycles. The molecule has 1 atom stereocenters. The molecule has 2 rings (SSSR count). The Bertz CT molecular complexity index is 187. The van der Waals surface area contributed by atoms with E-state index >= 15 is 0 Å². The van der Waals surface area contributed by atoms with Crippen LogP contribution in [0.2, 0.25) is 0 Å². The summed E-state index contributed by atoms with van der Waals surface area (Å²) in [6, 6.07) is 0. The van der Waals surface area contributed by atoms with Crippen LogP contribution in [0.1, 0.15) is 19.3 Å². The Morgan fingerprint density at radius 2 is 2.20 bits per heavy atom. The lowest BCUT2D eigenvalue weighted by Gasteiger charge is -2.45. The first-order chi connectivity index (χ1) is 7.37. The highest BCUT2D eigenvalue weighted by Gasteiger charge is 2.37. The molecule has 2 aliphatic rings. The maximum atomic E-state index is 5.99. The standard InChI is InChI=1S/C11H22N2OS/c12-9-11(3-1-6-14-10-11)13-4-2-7-15-8-5-13/h1-10,12H2. The van der Waals surface area contributed by atoms with Gasteiger partial charge in [-0.2, -0.15) is 11.8 Å². The van der Waals surface area contributed by atoms with Crippen LogP contribution < -0.4 is 5.73 Å². The van der Waals surface area contributed by atoms with Crippen molar-refractivity contribution >= 4 is 11.8 Å². The SMILES string of the molecule is NCC1(N2CCCSCC2)CCCOC1. The van der Waals surface area contributed by atoms with Crippen molar-refractivity contribution in [2.75, 3.05) is 44.4 Å². The van der Waals surface area contributed by atoms with Crippen LogP contribution in [0.5, 0.6) is 0 Å². The molecule has 2 saturated heterocycles. The molecule has 2 aliphatic heterocycles. The van der Waals surface area contributed by atoms with E-state index in [-0.39, 0.29) is 5.54 Å². The topological polar surface area (TPSA) is 38.5 Å². The van der Waals surface area contributed by atoms with Crippen LogP contribution >= 0.6 is 11.8 Å². The average Bonchev–Trinajstić information content (AvgIpc) is 2.59. The van der Waals surface area contributed by atoms with E-state index in [1.165, 1.54) is 43.9 Å². The third-order valence-corrected chi connectivity index (χ3v) is 4.62. The summed E-state index contributed by atoms with van der Waals surface area (Å²) in [6.45, 7) is 4.90. The van der Waals surface area contributed by atoms with E-state index in [4.69, 9.17) is 10.5 Å². The lowest BCUT2D eigenvalue weighted by Crippen LogP contribution is -2.59. The molecule has 15 heavy (non-hydrogen) atoms. The molecule has 88 valence electrons. The Labute approximate surface area is 96.7 Å². The van der Waals surface area contributed by atoms with Gasteiger partial charge in [0.05, 0.1) is 12.1 Å². The molecule has 2 heterocycles. The van der Waals surface area contributed by atoms with Crippen LogP contribution in [0.3, 0.4) is 0 Å². The van der Waals surface area contributed by atoms with E-state index in [0.29, 0.717) is 0 Å². The summed E-state index contributed by atoms with van der Waals surface area (Å²) in [5, 5.41) is 0. The van der Waals surface area contributed by atoms with Gasteiger partial charge in [0.1, 0.15) is 0 Å². The maximum Gasteiger partial charge on any atom is 0.0662 e. The first-order valence-electron chi connectivity index (χ1n) is 5.98. The Hall–Kier alpha value is 0.230. The molecule has 0 aliphatic carbocycles. The van der Waals surface area contributed by atoms with E-state index < -0.39 is 0 Å². The third-order valence-electron chi connectivity index (χ3n) is 3.57. The van der Waals surface area contributed by atoms with Crippen molar-refractivity contribution in [3.8, 4) is 0 Å². The first-order valence-corrected chi connectivity index (χ1v) is 7.13. The normalized spacial score (nSPS) is 35.0. The van der Waals surface area contributed by atoms with Crippen molar-refractivity contribution in [3.05, 3.63) is 0 Å². The highest BCUT2D eigenvalue weighted by Crippen LogP contribution is 2.27. The minimum atomic E-state index is 0.156. The van der Waals surface area contributed by atoms with Gasteiger partial charge in [0, 0.05) is 25.4 Å². The fourth-order valence-corrected chi connectivity index (χ4v) is 3.48. The molecule has 0 aromatic rings. The number of nitrogens with two attached hydrogens (primary N) is 1. The molecule has 1 unspecified atom stereocenters. The van der Waals surface area contributed by atoms with Crippen molar-refractivity contribution in [2.24, 2.45) is 5.73 Å². The predicted molar refractivity (Wildman–Crippen MR) is 65.4 cm³/mol. The number of thioether (sulfide) groups is 1. The lowest BCUT2D eigenvalue weighted by atomic mass is 9.90. The molecule has 0 bridgehead atoms. The predicted octanol–water partition coefficient (Wildman–Crippen LogP) is 0.933. The molecular formula is C11H22N2OS. The second kappa shape index (κ2) is 5.53. The van der Waals surface area contributed by atoms with E-state index in [0.717, 1.165) is 19.8 Å². The Balaban J connectivity index is 2.01. The average molecular weight is 230 g/mol. The van der Waals surface area contributed by atoms with E-state index in [9.17, 15) is 0 Å². The number of rotatable bonds is 2. The smallest absolute Gasteiger partial charge is 0.0662 e. The summed E-state index contributed by atoms with van der Waals surface area (Å²) in [5.74, 6) is 2.56. The summed E-state index contributed by atoms with van der Waals surface area (Å²) in [6.07, 6.45) is 3.68. The second-order valence-corrected chi connectivity index (χ2v) is 5.76. The third kappa shape index (κ3) is 2.67. The fraction of sp³-hybridized carbons (Fsp3) is 1.00. The van der Waals surface area contributed by atoms with Gasteiger partial charge >= 0.3 is 0 Å². The number of ether oxygens (including phenoxy) is 1. The molecule has 0 radical (unpaired) electrons. The van der Waals surface area contributed by atoms with Crippen LogP contribution in [0.15, 0.2) is 0 Å². The zero-order valence-electron chi connectivity index (χ0n) is 9.41. The van der Waals surface area contributed by atoms with Gasteiger partial charge in [0.2, 0.25) is 0 Å². The second-order valence-electron chi connectivity index (χ2n) is 4.54. The molecule has 0 aromatic heterocycles. The summed E-state index contributed by atoms with van der Waals surface area (Å²) in [4.78, 5) is 2.59. The van der Waals surface area contributed by atoms with Gasteiger partial charge in [0.15, 0.2) is 0 Å². The van der Waals surface area contributed by atoms with Crippen LogP contribution in [0.25, 0.3) is 0 Å². The number of nitrogens with zero attached hydrogens (tertiary/aromatic N) is 1. The van der Waals surface area contributed by atoms with Gasteiger partial charge in [-0.3, -0.25) is 4.90 Å². The Morgan fingerprint density at radius 3 is 2.93 bits per heavy atom. The van der Waals surface area contributed by atoms with E-state index in [1.807, 2.05) is 0 Å². The van der Waals surface area contributed by atoms with Crippen molar-refractivity contribution in [3.63, 3.8) is 0 Å². The van der Waals surface area contributed by atoms with Crippen molar-refractivity contribution < 1.29 is 4.74 Å². The van der Waals surface area contributed by atoms with Gasteiger partial charge in [-0.15, -0.1) is 0 Å². The molecule has 0 aromatic carbocycles. The van der Waals surface area contributed by atoms with E-state index in [1.54, 1.807) is 0 Å². The van der Waals surface area contributed by atoms with Gasteiger partial charge in [-0.25, -0.2) is 0 Å². The van der Waals surface area contributed by atoms with Crippen molar-refractivity contribution in [2.45, 2.75) is 24.8 Å². The molecule has 0 spiro atoms. The van der Waals surface area contributed by atoms with Crippen LogP contribution in [0, 0.1) is 0 Å². The number of hydrogen-bond acceptors (Lipinski definition) is 4. The molecule has 3 nitrogen and oxygen atoms in total. The Morgan fingerprint density at radius 1 is 1.27 bits per heavy atom. The summed E-state index contributed by atoms with van der Waals surface area (Å²) in [7, 11) is 0. The van der Waals surface area contributed by atoms with Gasteiger partial charge in [-0.05, 0) is 31.6 Å². The largest absolute Gasteiger partial charge is 0.379 e. The maximum absolute atomic E-state index is 5.99. The highest BCUT2D eigenvalue weighted by molar-refractivity contribution is 7.99. The zero-order valence-corrected chi connectivity index (χ0v) is 10.2. The van der Waals surface area contributed by atoms with E-state index in [2.05, 4.69) is 16.7 Å². The molecule has 2 N–H and O–H groups in total. The zero-order chi connectivity index (χ0) is 10.6. The monoisotopic (exact) mass is 230 g/mol. The first kappa shape index (κ1) is 11.7. The van der Waals surface area contributed by atoms with Crippen LogP contribution in [-0.2, 0) is 4.74 Å². The minimum absolute atomic E-state index is 0.156. The molecule has 4 heteroatoms. The highest BCUT2D eigenvalue weighted by atomic mass is 32.2. The quantitative estimate of drug-likeness (QED) is 0.766. The molecule has 2 fully saturated rings. The summed E-state index contributed by atoms with van der Waals surface area (Å²) in [5.41, 5.74) is 6.15. The molecular weight excluding hydrogens is 208 g/mol. The van der Waals surface area contributed by atoms with Gasteiger partial charge in [-0.1, -0.05) is 0 Å². The fourth-order valence-electron chi connectivity index (χ4n) is 2.60. The van der Waals surface area contributed by atoms with Crippen molar-refractivity contribution in [1.29, 1.82) is 0 Å². The van der Waals surface area contributed by atoms with Crippen LogP contribution in [0.4, 0.5) is 0 Å². The van der Waals surface area contributed by atoms with Gasteiger partial charge in [0.25, 0.3) is 0 Å². The minimum Gasteiger partial charge on any atom is -0.379 e.